The van der Waals surface area contributed by atoms with Gasteiger partial charge in [0.15, 0.2) is 0 Å². The van der Waals surface area contributed by atoms with Gasteiger partial charge in [-0.25, -0.2) is 0 Å². The van der Waals surface area contributed by atoms with E-state index in [1.165, 1.54) is 38.8 Å². The van der Waals surface area contributed by atoms with Crippen molar-refractivity contribution < 1.29 is 24.8 Å². The number of hydrogen-bond donors (Lipinski definition) is 3. The van der Waals surface area contributed by atoms with Crippen LogP contribution in [0.15, 0.2) is 46.4 Å². The Morgan fingerprint density at radius 3 is 1.62 bits per heavy atom. The summed E-state index contributed by atoms with van der Waals surface area (Å²) >= 11 is 0. The van der Waals surface area contributed by atoms with Crippen molar-refractivity contribution in [3.05, 3.63) is 47.5 Å². The van der Waals surface area contributed by atoms with Crippen LogP contribution in [-0.2, 0) is 0 Å². The van der Waals surface area contributed by atoms with E-state index in [1.807, 2.05) is 0 Å². The molecule has 2 rings (SSSR count). The topological polar surface area (TPSA) is 104 Å². The minimum Gasteiger partial charge on any atom is -0.507 e. The summed E-state index contributed by atoms with van der Waals surface area (Å²) in [6, 6.07) is 9.75. The van der Waals surface area contributed by atoms with Crippen LogP contribution < -0.4 is 9.47 Å². The van der Waals surface area contributed by atoms with Crippen LogP contribution in [0.2, 0.25) is 0 Å². The lowest BCUT2D eigenvalue weighted by molar-refractivity contribution is 0.193. The third-order valence-electron chi connectivity index (χ3n) is 3.57. The molecule has 0 unspecified atom stereocenters. The summed E-state index contributed by atoms with van der Waals surface area (Å²) in [7, 11) is 3.04. The van der Waals surface area contributed by atoms with Gasteiger partial charge in [-0.05, 0) is 24.3 Å². The maximum absolute atomic E-state index is 9.92. The highest BCUT2D eigenvalue weighted by atomic mass is 16.5. The maximum Gasteiger partial charge on any atom is 0.128 e. The van der Waals surface area contributed by atoms with E-state index in [0.29, 0.717) is 22.6 Å². The molecule has 0 bridgehead atoms. The van der Waals surface area contributed by atoms with Gasteiger partial charge in [-0.1, -0.05) is 0 Å². The second-order valence-corrected chi connectivity index (χ2v) is 5.49. The molecule has 0 aliphatic carbocycles. The number of phenolic OH excluding ortho intramolecular Hbond substituents is 2. The van der Waals surface area contributed by atoms with Gasteiger partial charge in [0.2, 0.25) is 0 Å². The standard InChI is InChI=1S/C19H22N2O5/c1-25-16-5-3-13(18(23)7-16)9-20-11-15(22)12-21-10-14-4-6-17(26-2)8-19(14)24/h3-10,15,22-24H,11-12H2,1-2H3. The highest BCUT2D eigenvalue weighted by Crippen LogP contribution is 2.22. The van der Waals surface area contributed by atoms with Crippen molar-refractivity contribution >= 4 is 12.4 Å². The largest absolute Gasteiger partial charge is 0.507 e. The average Bonchev–Trinajstić information content (AvgIpc) is 2.64. The minimum atomic E-state index is -0.775. The Morgan fingerprint density at radius 2 is 1.27 bits per heavy atom. The molecule has 0 aliphatic heterocycles. The van der Waals surface area contributed by atoms with Crippen molar-refractivity contribution in [3.63, 3.8) is 0 Å². The number of aliphatic imine (C=N–C) groups is 2. The van der Waals surface area contributed by atoms with Gasteiger partial charge in [0.25, 0.3) is 0 Å². The van der Waals surface area contributed by atoms with Gasteiger partial charge in [-0.3, -0.25) is 9.98 Å². The number of ether oxygens (including phenoxy) is 2. The highest BCUT2D eigenvalue weighted by molar-refractivity contribution is 5.84. The quantitative estimate of drug-likeness (QED) is 0.626. The minimum absolute atomic E-state index is 0.0515. The van der Waals surface area contributed by atoms with Crippen molar-refractivity contribution in [2.24, 2.45) is 9.98 Å². The Labute approximate surface area is 151 Å². The van der Waals surface area contributed by atoms with E-state index in [9.17, 15) is 15.3 Å². The fourth-order valence-corrected chi connectivity index (χ4v) is 2.12. The number of benzene rings is 2. The molecule has 0 radical (unpaired) electrons. The Bertz CT molecular complexity index is 724. The molecule has 0 amide bonds. The second-order valence-electron chi connectivity index (χ2n) is 5.49. The third kappa shape index (κ3) is 5.49. The Kier molecular flexibility index (Phi) is 6.99. The molecule has 0 aromatic heterocycles. The van der Waals surface area contributed by atoms with E-state index in [1.54, 1.807) is 24.3 Å². The lowest BCUT2D eigenvalue weighted by Crippen LogP contribution is -2.15. The molecule has 2 aromatic rings. The van der Waals surface area contributed by atoms with Crippen LogP contribution in [0.25, 0.3) is 0 Å². The number of rotatable bonds is 8. The zero-order chi connectivity index (χ0) is 18.9. The number of aromatic hydroxyl groups is 2. The third-order valence-corrected chi connectivity index (χ3v) is 3.57. The lowest BCUT2D eigenvalue weighted by atomic mass is 10.2. The molecular weight excluding hydrogens is 336 g/mol. The predicted molar refractivity (Wildman–Crippen MR) is 100 cm³/mol. The summed E-state index contributed by atoms with van der Waals surface area (Å²) < 4.78 is 10.0. The summed E-state index contributed by atoms with van der Waals surface area (Å²) in [5.74, 6) is 1.21. The van der Waals surface area contributed by atoms with Crippen molar-refractivity contribution in [3.8, 4) is 23.0 Å². The first-order valence-electron chi connectivity index (χ1n) is 7.95. The van der Waals surface area contributed by atoms with Crippen molar-refractivity contribution in [1.82, 2.24) is 0 Å². The van der Waals surface area contributed by atoms with E-state index in [4.69, 9.17) is 9.47 Å². The first-order chi connectivity index (χ1) is 12.5. The van der Waals surface area contributed by atoms with Crippen LogP contribution in [0.3, 0.4) is 0 Å². The number of aliphatic hydroxyl groups is 1. The molecule has 3 N–H and O–H groups in total. The average molecular weight is 358 g/mol. The lowest BCUT2D eigenvalue weighted by Gasteiger charge is -2.05. The van der Waals surface area contributed by atoms with Crippen LogP contribution in [0.1, 0.15) is 11.1 Å². The Hall–Kier alpha value is -3.06. The summed E-state index contributed by atoms with van der Waals surface area (Å²) in [6.07, 6.45) is 2.19. The van der Waals surface area contributed by atoms with Crippen molar-refractivity contribution in [2.75, 3.05) is 27.3 Å². The van der Waals surface area contributed by atoms with E-state index in [-0.39, 0.29) is 24.6 Å². The zero-order valence-corrected chi connectivity index (χ0v) is 14.7. The normalized spacial score (nSPS) is 12.6. The Balaban J connectivity index is 1.86. The molecule has 0 fully saturated rings. The van der Waals surface area contributed by atoms with Crippen LogP contribution in [0, 0.1) is 0 Å². The first-order valence-corrected chi connectivity index (χ1v) is 7.95. The molecule has 0 aliphatic rings. The smallest absolute Gasteiger partial charge is 0.128 e. The number of methoxy groups -OCH3 is 2. The van der Waals surface area contributed by atoms with Crippen molar-refractivity contribution in [1.29, 1.82) is 0 Å². The number of hydrogen-bond acceptors (Lipinski definition) is 7. The maximum atomic E-state index is 9.92. The van der Waals surface area contributed by atoms with E-state index < -0.39 is 6.10 Å². The summed E-state index contributed by atoms with van der Waals surface area (Å²) in [4.78, 5) is 8.22. The van der Waals surface area contributed by atoms with Gasteiger partial charge in [-0.15, -0.1) is 0 Å². The van der Waals surface area contributed by atoms with Gasteiger partial charge in [0.05, 0.1) is 33.4 Å². The van der Waals surface area contributed by atoms with E-state index in [2.05, 4.69) is 9.98 Å². The van der Waals surface area contributed by atoms with Gasteiger partial charge >= 0.3 is 0 Å². The number of nitrogens with zero attached hydrogens (tertiary/aromatic N) is 2. The van der Waals surface area contributed by atoms with Crippen LogP contribution in [-0.4, -0.2) is 61.2 Å². The molecule has 0 heterocycles. The fourth-order valence-electron chi connectivity index (χ4n) is 2.12. The number of phenols is 2. The molecule has 2 aromatic carbocycles. The molecule has 0 saturated heterocycles. The molecule has 0 spiro atoms. The SMILES string of the molecule is COc1ccc(C=NCC(O)CN=Cc2ccc(OC)cc2O)c(O)c1. The molecule has 0 atom stereocenters. The molecule has 26 heavy (non-hydrogen) atoms. The van der Waals surface area contributed by atoms with Gasteiger partial charge < -0.3 is 24.8 Å². The molecule has 7 nitrogen and oxygen atoms in total. The van der Waals surface area contributed by atoms with E-state index in [0.717, 1.165) is 0 Å². The summed E-state index contributed by atoms with van der Waals surface area (Å²) in [6.45, 7) is 0.273. The van der Waals surface area contributed by atoms with Crippen LogP contribution in [0.4, 0.5) is 0 Å². The molecular formula is C19H22N2O5. The monoisotopic (exact) mass is 358 g/mol. The fraction of sp³-hybridized carbons (Fsp3) is 0.263. The van der Waals surface area contributed by atoms with Gasteiger partial charge in [0.1, 0.15) is 23.0 Å². The second kappa shape index (κ2) is 9.43. The molecule has 7 heteroatoms. The summed E-state index contributed by atoms with van der Waals surface area (Å²) in [5, 5.41) is 29.6. The van der Waals surface area contributed by atoms with Crippen LogP contribution >= 0.6 is 0 Å². The first kappa shape index (κ1) is 19.3. The molecule has 0 saturated carbocycles. The Morgan fingerprint density at radius 1 is 0.846 bits per heavy atom. The predicted octanol–water partition coefficient (Wildman–Crippen LogP) is 2.01. The van der Waals surface area contributed by atoms with Crippen LogP contribution in [0.5, 0.6) is 23.0 Å². The van der Waals surface area contributed by atoms with E-state index >= 15 is 0 Å². The highest BCUT2D eigenvalue weighted by Gasteiger charge is 2.04. The molecule has 138 valence electrons. The van der Waals surface area contributed by atoms with Gasteiger partial charge in [-0.2, -0.15) is 0 Å². The number of aliphatic hydroxyl groups excluding tert-OH is 1. The van der Waals surface area contributed by atoms with Gasteiger partial charge in [0, 0.05) is 35.7 Å². The zero-order valence-electron chi connectivity index (χ0n) is 14.7. The summed E-state index contributed by atoms with van der Waals surface area (Å²) in [5.41, 5.74) is 1.06. The van der Waals surface area contributed by atoms with Crippen molar-refractivity contribution in [2.45, 2.75) is 6.10 Å².